The van der Waals surface area contributed by atoms with Gasteiger partial charge in [0.05, 0.1) is 13.2 Å². The third kappa shape index (κ3) is 2.59. The molecule has 0 saturated carbocycles. The van der Waals surface area contributed by atoms with Crippen molar-refractivity contribution in [2.75, 3.05) is 13.2 Å². The Morgan fingerprint density at radius 1 is 1.38 bits per heavy atom. The molecule has 16 heavy (non-hydrogen) atoms. The van der Waals surface area contributed by atoms with Crippen LogP contribution in [0.15, 0.2) is 24.3 Å². The van der Waals surface area contributed by atoms with Crippen molar-refractivity contribution in [3.63, 3.8) is 0 Å². The van der Waals surface area contributed by atoms with Gasteiger partial charge >= 0.3 is 5.97 Å². The average molecular weight is 222 g/mol. The van der Waals surface area contributed by atoms with E-state index in [9.17, 15) is 4.79 Å². The third-order valence-electron chi connectivity index (χ3n) is 2.36. The summed E-state index contributed by atoms with van der Waals surface area (Å²) in [5, 5.41) is 0. The molecule has 4 nitrogen and oxygen atoms in total. The van der Waals surface area contributed by atoms with Crippen molar-refractivity contribution in [2.24, 2.45) is 0 Å². The molecule has 0 N–H and O–H groups in total. The summed E-state index contributed by atoms with van der Waals surface area (Å²) >= 11 is 0. The van der Waals surface area contributed by atoms with E-state index < -0.39 is 0 Å². The molecule has 2 rings (SSSR count). The first-order valence-electron chi connectivity index (χ1n) is 5.22. The number of carbonyl (C=O) groups is 1. The van der Waals surface area contributed by atoms with Crippen LogP contribution in [-0.2, 0) is 25.6 Å². The molecule has 1 saturated heterocycles. The predicted octanol–water partition coefficient (Wildman–Crippen LogP) is 1.80. The van der Waals surface area contributed by atoms with Crippen LogP contribution in [0.3, 0.4) is 0 Å². The van der Waals surface area contributed by atoms with Crippen molar-refractivity contribution in [1.82, 2.24) is 0 Å². The van der Waals surface area contributed by atoms with Gasteiger partial charge in [-0.25, -0.2) is 0 Å². The summed E-state index contributed by atoms with van der Waals surface area (Å²) in [5.74, 6) is -0.289. The van der Waals surface area contributed by atoms with E-state index in [1.807, 2.05) is 24.3 Å². The first-order valence-corrected chi connectivity index (χ1v) is 5.22. The summed E-state index contributed by atoms with van der Waals surface area (Å²) in [6.45, 7) is 2.86. The Balaban J connectivity index is 2.13. The normalized spacial score (nSPS) is 16.3. The van der Waals surface area contributed by atoms with Crippen molar-refractivity contribution in [3.8, 4) is 0 Å². The predicted molar refractivity (Wildman–Crippen MR) is 56.6 cm³/mol. The van der Waals surface area contributed by atoms with Gasteiger partial charge in [-0.15, -0.1) is 0 Å². The minimum Gasteiger partial charge on any atom is -0.461 e. The Labute approximate surface area is 94.1 Å². The van der Waals surface area contributed by atoms with Crippen LogP contribution in [0.2, 0.25) is 0 Å². The van der Waals surface area contributed by atoms with Gasteiger partial charge in [0.15, 0.2) is 6.29 Å². The summed E-state index contributed by atoms with van der Waals surface area (Å²) in [4.78, 5) is 10.8. The molecule has 0 radical (unpaired) electrons. The highest BCUT2D eigenvalue weighted by molar-refractivity contribution is 5.65. The van der Waals surface area contributed by atoms with Crippen LogP contribution < -0.4 is 0 Å². The van der Waals surface area contributed by atoms with Gasteiger partial charge in [0.25, 0.3) is 0 Å². The minimum atomic E-state index is -0.327. The van der Waals surface area contributed by atoms with E-state index in [0.717, 1.165) is 11.1 Å². The number of ether oxygens (including phenoxy) is 3. The van der Waals surface area contributed by atoms with Gasteiger partial charge in [-0.05, 0) is 5.56 Å². The van der Waals surface area contributed by atoms with Crippen LogP contribution >= 0.6 is 0 Å². The number of hydrogen-bond donors (Lipinski definition) is 0. The van der Waals surface area contributed by atoms with E-state index in [1.54, 1.807) is 0 Å². The fourth-order valence-electron chi connectivity index (χ4n) is 1.61. The van der Waals surface area contributed by atoms with Crippen LogP contribution in [-0.4, -0.2) is 19.2 Å². The number of esters is 1. The SMILES string of the molecule is CC(=O)OCc1ccccc1C1OCCO1. The highest BCUT2D eigenvalue weighted by atomic mass is 16.7. The third-order valence-corrected chi connectivity index (χ3v) is 2.36. The second kappa shape index (κ2) is 5.09. The van der Waals surface area contributed by atoms with E-state index in [-0.39, 0.29) is 18.9 Å². The van der Waals surface area contributed by atoms with Gasteiger partial charge in [-0.1, -0.05) is 24.3 Å². The maximum atomic E-state index is 10.8. The zero-order valence-electron chi connectivity index (χ0n) is 9.14. The molecule has 0 unspecified atom stereocenters. The lowest BCUT2D eigenvalue weighted by Gasteiger charge is -2.14. The Morgan fingerprint density at radius 2 is 2.06 bits per heavy atom. The number of carbonyl (C=O) groups excluding carboxylic acids is 1. The molecule has 0 aromatic heterocycles. The van der Waals surface area contributed by atoms with E-state index in [1.165, 1.54) is 6.92 Å². The smallest absolute Gasteiger partial charge is 0.302 e. The quantitative estimate of drug-likeness (QED) is 0.731. The lowest BCUT2D eigenvalue weighted by Crippen LogP contribution is -2.06. The molecule has 1 aromatic carbocycles. The Bertz CT molecular complexity index is 369. The number of hydrogen-bond acceptors (Lipinski definition) is 4. The topological polar surface area (TPSA) is 44.8 Å². The summed E-state index contributed by atoms with van der Waals surface area (Å²) < 4.78 is 15.8. The molecule has 0 amide bonds. The molecule has 0 aliphatic carbocycles. The Morgan fingerprint density at radius 3 is 2.75 bits per heavy atom. The lowest BCUT2D eigenvalue weighted by atomic mass is 10.1. The van der Waals surface area contributed by atoms with Gasteiger partial charge in [0.2, 0.25) is 0 Å². The zero-order chi connectivity index (χ0) is 11.4. The lowest BCUT2D eigenvalue weighted by molar-refractivity contribution is -0.142. The Hall–Kier alpha value is -1.39. The highest BCUT2D eigenvalue weighted by Crippen LogP contribution is 2.26. The molecule has 4 heteroatoms. The van der Waals surface area contributed by atoms with Crippen LogP contribution in [0.5, 0.6) is 0 Å². The average Bonchev–Trinajstić information content (AvgIpc) is 2.80. The Kier molecular flexibility index (Phi) is 3.54. The van der Waals surface area contributed by atoms with E-state index in [0.29, 0.717) is 13.2 Å². The van der Waals surface area contributed by atoms with Crippen LogP contribution in [0.4, 0.5) is 0 Å². The monoisotopic (exact) mass is 222 g/mol. The van der Waals surface area contributed by atoms with Gasteiger partial charge < -0.3 is 14.2 Å². The summed E-state index contributed by atoms with van der Waals surface area (Å²) in [6.07, 6.45) is -0.327. The van der Waals surface area contributed by atoms with Crippen LogP contribution in [0.1, 0.15) is 24.3 Å². The minimum absolute atomic E-state index is 0.259. The molecule has 0 atom stereocenters. The van der Waals surface area contributed by atoms with E-state index in [4.69, 9.17) is 14.2 Å². The summed E-state index contributed by atoms with van der Waals surface area (Å²) in [5.41, 5.74) is 1.85. The molecule has 1 heterocycles. The first-order chi connectivity index (χ1) is 7.77. The van der Waals surface area contributed by atoms with Crippen molar-refractivity contribution < 1.29 is 19.0 Å². The molecule has 0 bridgehead atoms. The molecule has 1 aromatic rings. The van der Waals surface area contributed by atoms with Crippen molar-refractivity contribution in [1.29, 1.82) is 0 Å². The van der Waals surface area contributed by atoms with E-state index >= 15 is 0 Å². The van der Waals surface area contributed by atoms with Gasteiger partial charge in [-0.3, -0.25) is 4.79 Å². The largest absolute Gasteiger partial charge is 0.461 e. The van der Waals surface area contributed by atoms with Crippen molar-refractivity contribution in [3.05, 3.63) is 35.4 Å². The van der Waals surface area contributed by atoms with E-state index in [2.05, 4.69) is 0 Å². The van der Waals surface area contributed by atoms with Crippen LogP contribution in [0.25, 0.3) is 0 Å². The van der Waals surface area contributed by atoms with Gasteiger partial charge in [0.1, 0.15) is 6.61 Å². The fourth-order valence-corrected chi connectivity index (χ4v) is 1.61. The highest BCUT2D eigenvalue weighted by Gasteiger charge is 2.20. The maximum absolute atomic E-state index is 10.8. The fraction of sp³-hybridized carbons (Fsp3) is 0.417. The zero-order valence-corrected chi connectivity index (χ0v) is 9.14. The summed E-state index contributed by atoms with van der Waals surface area (Å²) in [7, 11) is 0. The van der Waals surface area contributed by atoms with Gasteiger partial charge in [0, 0.05) is 12.5 Å². The molecular weight excluding hydrogens is 208 g/mol. The number of benzene rings is 1. The molecular formula is C12H14O4. The van der Waals surface area contributed by atoms with Crippen LogP contribution in [0, 0.1) is 0 Å². The maximum Gasteiger partial charge on any atom is 0.302 e. The van der Waals surface area contributed by atoms with Crippen molar-refractivity contribution >= 4 is 5.97 Å². The van der Waals surface area contributed by atoms with Crippen molar-refractivity contribution in [2.45, 2.75) is 19.8 Å². The van der Waals surface area contributed by atoms with Gasteiger partial charge in [-0.2, -0.15) is 0 Å². The second-order valence-corrected chi connectivity index (χ2v) is 3.55. The second-order valence-electron chi connectivity index (χ2n) is 3.55. The molecule has 1 fully saturated rings. The number of rotatable bonds is 3. The molecule has 1 aliphatic heterocycles. The molecule has 1 aliphatic rings. The summed E-state index contributed by atoms with van der Waals surface area (Å²) in [6, 6.07) is 7.65. The standard InChI is InChI=1S/C12H14O4/c1-9(13)16-8-10-4-2-3-5-11(10)12-14-6-7-15-12/h2-5,12H,6-8H2,1H3. The molecule has 0 spiro atoms. The molecule has 86 valence electrons. The first kappa shape index (κ1) is 11.1.